The van der Waals surface area contributed by atoms with Crippen molar-refractivity contribution in [1.29, 1.82) is 5.26 Å². The van der Waals surface area contributed by atoms with Gasteiger partial charge in [0.2, 0.25) is 0 Å². The van der Waals surface area contributed by atoms with Gasteiger partial charge in [-0.1, -0.05) is 0 Å². The molecule has 0 aliphatic heterocycles. The molecule has 0 spiro atoms. The smallest absolute Gasteiger partial charge is 0.339 e. The number of halogens is 1. The summed E-state index contributed by atoms with van der Waals surface area (Å²) in [5.74, 6) is -0.756. The molecule has 0 heterocycles. The molecule has 0 unspecified atom stereocenters. The van der Waals surface area contributed by atoms with Crippen molar-refractivity contribution >= 4 is 27.6 Å². The van der Waals surface area contributed by atoms with E-state index in [4.69, 9.17) is 10.00 Å². The molecule has 17 heavy (non-hydrogen) atoms. The third kappa shape index (κ3) is 2.79. The number of ether oxygens (including phenoxy) is 1. The molecule has 1 aromatic rings. The summed E-state index contributed by atoms with van der Waals surface area (Å²) in [6.45, 7) is 1.74. The first-order chi connectivity index (χ1) is 8.01. The summed E-state index contributed by atoms with van der Waals surface area (Å²) in [4.78, 5) is 21.5. The third-order valence-electron chi connectivity index (χ3n) is 1.89. The number of nitrogens with zero attached hydrogens (tertiary/aromatic N) is 2. The second kappa shape index (κ2) is 5.41. The van der Waals surface area contributed by atoms with E-state index in [1.54, 1.807) is 13.0 Å². The van der Waals surface area contributed by atoms with Crippen LogP contribution >= 0.6 is 15.9 Å². The Bertz CT molecular complexity index is 522. The molecular formula is C10H7BrN2O4. The van der Waals surface area contributed by atoms with Crippen LogP contribution in [0, 0.1) is 21.4 Å². The molecule has 0 aromatic heterocycles. The summed E-state index contributed by atoms with van der Waals surface area (Å²) in [7, 11) is 0. The van der Waals surface area contributed by atoms with Gasteiger partial charge in [-0.3, -0.25) is 10.1 Å². The molecule has 0 atom stereocenters. The second-order valence-corrected chi connectivity index (χ2v) is 3.79. The first-order valence-electron chi connectivity index (χ1n) is 4.56. The SMILES string of the molecule is CCOC(=O)c1cc([N+](=O)[O-])cc(Br)c1C#N. The minimum absolute atomic E-state index is 0.0223. The maximum Gasteiger partial charge on any atom is 0.339 e. The van der Waals surface area contributed by atoms with E-state index < -0.39 is 10.9 Å². The fraction of sp³-hybridized carbons (Fsp3) is 0.200. The molecule has 6 nitrogen and oxygen atoms in total. The number of carbonyl (C=O) groups is 1. The molecule has 0 aliphatic rings. The topological polar surface area (TPSA) is 93.2 Å². The number of nitro benzene ring substituents is 1. The number of hydrogen-bond donors (Lipinski definition) is 0. The van der Waals surface area contributed by atoms with E-state index in [0.29, 0.717) is 0 Å². The Morgan fingerprint density at radius 3 is 2.76 bits per heavy atom. The van der Waals surface area contributed by atoms with Gasteiger partial charge in [0.1, 0.15) is 6.07 Å². The highest BCUT2D eigenvalue weighted by Crippen LogP contribution is 2.27. The maximum absolute atomic E-state index is 11.5. The van der Waals surface area contributed by atoms with Gasteiger partial charge in [-0.2, -0.15) is 5.26 Å². The van der Waals surface area contributed by atoms with Crippen molar-refractivity contribution in [3.05, 3.63) is 37.8 Å². The van der Waals surface area contributed by atoms with Crippen molar-refractivity contribution < 1.29 is 14.5 Å². The van der Waals surface area contributed by atoms with Crippen molar-refractivity contribution in [1.82, 2.24) is 0 Å². The van der Waals surface area contributed by atoms with Crippen molar-refractivity contribution in [3.63, 3.8) is 0 Å². The average Bonchev–Trinajstić information content (AvgIpc) is 2.28. The predicted octanol–water partition coefficient (Wildman–Crippen LogP) is 2.41. The van der Waals surface area contributed by atoms with Gasteiger partial charge in [0.05, 0.1) is 22.7 Å². The zero-order chi connectivity index (χ0) is 13.0. The van der Waals surface area contributed by atoms with Gasteiger partial charge < -0.3 is 4.74 Å². The molecule has 0 saturated heterocycles. The van der Waals surface area contributed by atoms with E-state index in [2.05, 4.69) is 15.9 Å². The Labute approximate surface area is 105 Å². The number of non-ortho nitro benzene ring substituents is 1. The van der Waals surface area contributed by atoms with Gasteiger partial charge in [-0.05, 0) is 22.9 Å². The predicted molar refractivity (Wildman–Crippen MR) is 61.5 cm³/mol. The number of nitriles is 1. The second-order valence-electron chi connectivity index (χ2n) is 2.94. The van der Waals surface area contributed by atoms with Crippen molar-refractivity contribution in [2.45, 2.75) is 6.92 Å². The summed E-state index contributed by atoms with van der Waals surface area (Å²) in [5, 5.41) is 19.5. The van der Waals surface area contributed by atoms with Crippen LogP contribution in [-0.2, 0) is 4.74 Å². The lowest BCUT2D eigenvalue weighted by Gasteiger charge is -2.05. The number of nitro groups is 1. The quantitative estimate of drug-likeness (QED) is 0.485. The van der Waals surface area contributed by atoms with Crippen LogP contribution in [-0.4, -0.2) is 17.5 Å². The molecule has 0 aliphatic carbocycles. The number of hydrogen-bond acceptors (Lipinski definition) is 5. The van der Waals surface area contributed by atoms with Crippen LogP contribution in [0.25, 0.3) is 0 Å². The summed E-state index contributed by atoms with van der Waals surface area (Å²) in [6, 6.07) is 4.00. The fourth-order valence-corrected chi connectivity index (χ4v) is 1.72. The molecule has 0 radical (unpaired) electrons. The maximum atomic E-state index is 11.5. The molecule has 0 N–H and O–H groups in total. The van der Waals surface area contributed by atoms with Crippen LogP contribution in [0.4, 0.5) is 5.69 Å². The molecule has 88 valence electrons. The van der Waals surface area contributed by atoms with Crippen molar-refractivity contribution in [2.75, 3.05) is 6.61 Å². The normalized spacial score (nSPS) is 9.47. The molecule has 0 saturated carbocycles. The first-order valence-corrected chi connectivity index (χ1v) is 5.35. The zero-order valence-corrected chi connectivity index (χ0v) is 10.4. The zero-order valence-electron chi connectivity index (χ0n) is 8.77. The molecule has 7 heteroatoms. The summed E-state index contributed by atoms with van der Waals surface area (Å²) in [6.07, 6.45) is 0. The molecule has 0 bridgehead atoms. The first kappa shape index (κ1) is 13.1. The van der Waals surface area contributed by atoms with Crippen LogP contribution in [0.15, 0.2) is 16.6 Å². The Kier molecular flexibility index (Phi) is 4.17. The Morgan fingerprint density at radius 1 is 1.65 bits per heavy atom. The van der Waals surface area contributed by atoms with Crippen molar-refractivity contribution in [3.8, 4) is 6.07 Å². The number of carbonyl (C=O) groups excluding carboxylic acids is 1. The highest BCUT2D eigenvalue weighted by molar-refractivity contribution is 9.10. The lowest BCUT2D eigenvalue weighted by atomic mass is 10.1. The lowest BCUT2D eigenvalue weighted by molar-refractivity contribution is -0.385. The fourth-order valence-electron chi connectivity index (χ4n) is 1.18. The lowest BCUT2D eigenvalue weighted by Crippen LogP contribution is -2.08. The van der Waals surface area contributed by atoms with E-state index >= 15 is 0 Å². The minimum Gasteiger partial charge on any atom is -0.462 e. The van der Waals surface area contributed by atoms with E-state index in [1.165, 1.54) is 6.07 Å². The van der Waals surface area contributed by atoms with E-state index in [0.717, 1.165) is 6.07 Å². The number of rotatable bonds is 3. The van der Waals surface area contributed by atoms with Crippen LogP contribution in [0.2, 0.25) is 0 Å². The number of benzene rings is 1. The highest BCUT2D eigenvalue weighted by atomic mass is 79.9. The summed E-state index contributed by atoms with van der Waals surface area (Å²) >= 11 is 3.01. The van der Waals surface area contributed by atoms with Gasteiger partial charge in [-0.15, -0.1) is 0 Å². The van der Waals surface area contributed by atoms with Gasteiger partial charge in [0.15, 0.2) is 0 Å². The largest absolute Gasteiger partial charge is 0.462 e. The van der Waals surface area contributed by atoms with Gasteiger partial charge in [0.25, 0.3) is 5.69 Å². The van der Waals surface area contributed by atoms with E-state index in [1.807, 2.05) is 0 Å². The standard InChI is InChI=1S/C10H7BrN2O4/c1-2-17-10(14)7-3-6(13(15)16)4-9(11)8(7)5-12/h3-4H,2H2,1H3. The third-order valence-corrected chi connectivity index (χ3v) is 2.52. The Balaban J connectivity index is 3.40. The molecule has 0 amide bonds. The van der Waals surface area contributed by atoms with Crippen LogP contribution in [0.3, 0.4) is 0 Å². The molecular weight excluding hydrogens is 292 g/mol. The molecule has 0 fully saturated rings. The Hall–Kier alpha value is -1.94. The minimum atomic E-state index is -0.756. The number of esters is 1. The average molecular weight is 299 g/mol. The van der Waals surface area contributed by atoms with Crippen LogP contribution in [0.1, 0.15) is 22.8 Å². The summed E-state index contributed by atoms with van der Waals surface area (Å²) in [5.41, 5.74) is -0.372. The van der Waals surface area contributed by atoms with Crippen LogP contribution in [0.5, 0.6) is 0 Å². The monoisotopic (exact) mass is 298 g/mol. The Morgan fingerprint density at radius 2 is 2.29 bits per heavy atom. The van der Waals surface area contributed by atoms with E-state index in [-0.39, 0.29) is 27.9 Å². The van der Waals surface area contributed by atoms with Gasteiger partial charge in [-0.25, -0.2) is 4.79 Å². The summed E-state index contributed by atoms with van der Waals surface area (Å²) < 4.78 is 4.92. The molecule has 1 rings (SSSR count). The van der Waals surface area contributed by atoms with Gasteiger partial charge in [0, 0.05) is 16.6 Å². The van der Waals surface area contributed by atoms with E-state index in [9.17, 15) is 14.9 Å². The van der Waals surface area contributed by atoms with Crippen molar-refractivity contribution in [2.24, 2.45) is 0 Å². The van der Waals surface area contributed by atoms with Gasteiger partial charge >= 0.3 is 5.97 Å². The highest BCUT2D eigenvalue weighted by Gasteiger charge is 2.20. The van der Waals surface area contributed by atoms with Crippen LogP contribution < -0.4 is 0 Å². The molecule has 1 aromatic carbocycles.